The molecule has 1 aliphatic heterocycles. The summed E-state index contributed by atoms with van der Waals surface area (Å²) in [7, 11) is 0. The van der Waals surface area contributed by atoms with Crippen LogP contribution < -0.4 is 5.73 Å². The Morgan fingerprint density at radius 2 is 2.13 bits per heavy atom. The first-order chi connectivity index (χ1) is 7.02. The molecule has 0 saturated carbocycles. The molecule has 0 fully saturated rings. The van der Waals surface area contributed by atoms with Crippen LogP contribution >= 0.6 is 0 Å². The lowest BCUT2D eigenvalue weighted by molar-refractivity contribution is 0.0731. The lowest BCUT2D eigenvalue weighted by Crippen LogP contribution is -2.30. The van der Waals surface area contributed by atoms with Gasteiger partial charge >= 0.3 is 0 Å². The third-order valence-electron chi connectivity index (χ3n) is 2.75. The molecule has 0 atom stereocenters. The Labute approximate surface area is 87.7 Å². The van der Waals surface area contributed by atoms with Gasteiger partial charge in [-0.25, -0.2) is 4.39 Å². The van der Waals surface area contributed by atoms with E-state index in [1.165, 1.54) is 12.1 Å². The molecule has 0 saturated heterocycles. The first-order valence-corrected chi connectivity index (χ1v) is 4.90. The largest absolute Gasteiger partial charge is 0.396 e. The first kappa shape index (κ1) is 9.96. The molecule has 80 valence electrons. The molecule has 1 heterocycles. The number of anilines is 1. The molecule has 4 heteroatoms. The monoisotopic (exact) mass is 208 g/mol. The maximum atomic E-state index is 13.2. The van der Waals surface area contributed by atoms with Gasteiger partial charge in [-0.15, -0.1) is 0 Å². The van der Waals surface area contributed by atoms with Crippen LogP contribution in [0, 0.1) is 5.82 Å². The number of hydrogen-bond donors (Lipinski definition) is 1. The fourth-order valence-corrected chi connectivity index (χ4v) is 1.82. The predicted octanol–water partition coefficient (Wildman–Crippen LogP) is 1.77. The predicted molar refractivity (Wildman–Crippen MR) is 55.8 cm³/mol. The zero-order valence-corrected chi connectivity index (χ0v) is 8.75. The number of halogens is 1. The molecule has 2 N–H and O–H groups in total. The van der Waals surface area contributed by atoms with Crippen molar-refractivity contribution in [3.8, 4) is 0 Å². The summed E-state index contributed by atoms with van der Waals surface area (Å²) in [6.45, 7) is 4.27. The Hall–Kier alpha value is -1.58. The van der Waals surface area contributed by atoms with E-state index in [9.17, 15) is 9.18 Å². The van der Waals surface area contributed by atoms with Gasteiger partial charge in [0, 0.05) is 23.7 Å². The topological polar surface area (TPSA) is 46.3 Å². The summed E-state index contributed by atoms with van der Waals surface area (Å²) in [6, 6.07) is 2.86. The lowest BCUT2D eigenvalue weighted by Gasteiger charge is -2.19. The molecule has 3 nitrogen and oxygen atoms in total. The zero-order valence-electron chi connectivity index (χ0n) is 8.75. The number of nitrogen functional groups attached to an aromatic ring is 1. The molecule has 2 rings (SSSR count). The fourth-order valence-electron chi connectivity index (χ4n) is 1.82. The maximum absolute atomic E-state index is 13.2. The summed E-state index contributed by atoms with van der Waals surface area (Å²) in [5, 5.41) is 0. The minimum absolute atomic E-state index is 0.0632. The molecule has 0 unspecified atom stereocenters. The third kappa shape index (κ3) is 1.37. The van der Waals surface area contributed by atoms with Crippen LogP contribution in [0.15, 0.2) is 12.1 Å². The van der Waals surface area contributed by atoms with Crippen LogP contribution in [0.5, 0.6) is 0 Å². The zero-order chi connectivity index (χ0) is 11.2. The number of benzene rings is 1. The van der Waals surface area contributed by atoms with Gasteiger partial charge in [0.05, 0.1) is 5.69 Å². The maximum Gasteiger partial charge on any atom is 0.254 e. The van der Waals surface area contributed by atoms with E-state index < -0.39 is 5.82 Å². The molecule has 0 aromatic heterocycles. The van der Waals surface area contributed by atoms with Crippen molar-refractivity contribution < 1.29 is 9.18 Å². The van der Waals surface area contributed by atoms with Crippen molar-refractivity contribution in [2.24, 2.45) is 0 Å². The molecule has 1 aromatic rings. The second-order valence-electron chi connectivity index (χ2n) is 4.01. The van der Waals surface area contributed by atoms with Gasteiger partial charge in [0.15, 0.2) is 0 Å². The Bertz CT molecular complexity index is 429. The van der Waals surface area contributed by atoms with Crippen LogP contribution in [0.25, 0.3) is 0 Å². The summed E-state index contributed by atoms with van der Waals surface area (Å²) in [6.07, 6.45) is 0. The van der Waals surface area contributed by atoms with E-state index in [4.69, 9.17) is 5.73 Å². The number of carbonyl (C=O) groups excluding carboxylic acids is 1. The number of nitrogens with zero attached hydrogens (tertiary/aromatic N) is 1. The number of rotatable bonds is 1. The molecule has 0 bridgehead atoms. The summed E-state index contributed by atoms with van der Waals surface area (Å²) >= 11 is 0. The average Bonchev–Trinajstić information content (AvgIpc) is 2.51. The van der Waals surface area contributed by atoms with Crippen LogP contribution in [0.1, 0.15) is 29.8 Å². The van der Waals surface area contributed by atoms with Crippen LogP contribution in [0.4, 0.5) is 10.1 Å². The molecule has 15 heavy (non-hydrogen) atoms. The van der Waals surface area contributed by atoms with Crippen molar-refractivity contribution in [2.45, 2.75) is 26.4 Å². The van der Waals surface area contributed by atoms with Crippen molar-refractivity contribution in [1.29, 1.82) is 0 Å². The van der Waals surface area contributed by atoms with Crippen LogP contribution in [0.2, 0.25) is 0 Å². The average molecular weight is 208 g/mol. The van der Waals surface area contributed by atoms with Crippen molar-refractivity contribution in [1.82, 2.24) is 4.90 Å². The van der Waals surface area contributed by atoms with Gasteiger partial charge in [0.2, 0.25) is 0 Å². The quantitative estimate of drug-likeness (QED) is 0.715. The second-order valence-corrected chi connectivity index (χ2v) is 4.01. The van der Waals surface area contributed by atoms with Gasteiger partial charge in [-0.3, -0.25) is 4.79 Å². The third-order valence-corrected chi connectivity index (χ3v) is 2.75. The van der Waals surface area contributed by atoms with Crippen molar-refractivity contribution in [3.63, 3.8) is 0 Å². The van der Waals surface area contributed by atoms with Crippen LogP contribution in [-0.4, -0.2) is 16.8 Å². The van der Waals surface area contributed by atoms with E-state index in [0.717, 1.165) is 0 Å². The molecule has 0 aliphatic carbocycles. The molecular formula is C11H13FN2O. The summed E-state index contributed by atoms with van der Waals surface area (Å²) in [5.41, 5.74) is 6.85. The SMILES string of the molecule is CC(C)N1Cc2c(ccc(F)c2N)C1=O. The number of carbonyl (C=O) groups is 1. The Balaban J connectivity index is 2.50. The number of amides is 1. The highest BCUT2D eigenvalue weighted by Gasteiger charge is 2.31. The van der Waals surface area contributed by atoms with E-state index in [1.54, 1.807) is 4.90 Å². The highest BCUT2D eigenvalue weighted by atomic mass is 19.1. The molecule has 1 aromatic carbocycles. The lowest BCUT2D eigenvalue weighted by atomic mass is 10.1. The van der Waals surface area contributed by atoms with Gasteiger partial charge in [-0.2, -0.15) is 0 Å². The number of hydrogen-bond acceptors (Lipinski definition) is 2. The number of nitrogens with two attached hydrogens (primary N) is 1. The summed E-state index contributed by atoms with van der Waals surface area (Å²) < 4.78 is 13.2. The van der Waals surface area contributed by atoms with Crippen LogP contribution in [-0.2, 0) is 6.54 Å². The molecule has 1 aliphatic rings. The van der Waals surface area contributed by atoms with Crippen molar-refractivity contribution in [2.75, 3.05) is 5.73 Å². The van der Waals surface area contributed by atoms with E-state index in [2.05, 4.69) is 0 Å². The minimum atomic E-state index is -0.452. The van der Waals surface area contributed by atoms with E-state index in [1.807, 2.05) is 13.8 Å². The van der Waals surface area contributed by atoms with Gasteiger partial charge in [0.1, 0.15) is 5.82 Å². The molecule has 1 amide bonds. The molecule has 0 radical (unpaired) electrons. The van der Waals surface area contributed by atoms with Gasteiger partial charge in [-0.1, -0.05) is 0 Å². The Morgan fingerprint density at radius 1 is 1.47 bits per heavy atom. The Kier molecular flexibility index (Phi) is 2.14. The standard InChI is InChI=1S/C11H13FN2O/c1-6(2)14-5-8-7(11(14)15)3-4-9(12)10(8)13/h3-4,6H,5,13H2,1-2H3. The van der Waals surface area contributed by atoms with E-state index in [0.29, 0.717) is 17.7 Å². The van der Waals surface area contributed by atoms with Gasteiger partial charge in [0.25, 0.3) is 5.91 Å². The minimum Gasteiger partial charge on any atom is -0.396 e. The van der Waals surface area contributed by atoms with Crippen molar-refractivity contribution in [3.05, 3.63) is 29.1 Å². The van der Waals surface area contributed by atoms with Crippen LogP contribution in [0.3, 0.4) is 0 Å². The van der Waals surface area contributed by atoms with E-state index in [-0.39, 0.29) is 17.6 Å². The second kappa shape index (κ2) is 3.22. The highest BCUT2D eigenvalue weighted by molar-refractivity contribution is 6.00. The Morgan fingerprint density at radius 3 is 2.73 bits per heavy atom. The normalized spacial score (nSPS) is 14.9. The van der Waals surface area contributed by atoms with Crippen molar-refractivity contribution >= 4 is 11.6 Å². The summed E-state index contributed by atoms with van der Waals surface area (Å²) in [5.74, 6) is -0.515. The van der Waals surface area contributed by atoms with Gasteiger partial charge < -0.3 is 10.6 Å². The smallest absolute Gasteiger partial charge is 0.254 e. The summed E-state index contributed by atoms with van der Waals surface area (Å²) in [4.78, 5) is 13.5. The molecular weight excluding hydrogens is 195 g/mol. The fraction of sp³-hybridized carbons (Fsp3) is 0.364. The van der Waals surface area contributed by atoms with E-state index >= 15 is 0 Å². The first-order valence-electron chi connectivity index (χ1n) is 4.90. The van der Waals surface area contributed by atoms with Gasteiger partial charge in [-0.05, 0) is 26.0 Å². The number of fused-ring (bicyclic) bond motifs is 1. The highest BCUT2D eigenvalue weighted by Crippen LogP contribution is 2.30. The molecule has 0 spiro atoms.